The van der Waals surface area contributed by atoms with Crippen LogP contribution in [0.2, 0.25) is 10.0 Å². The maximum absolute atomic E-state index is 10.6. The van der Waals surface area contributed by atoms with Gasteiger partial charge in [-0.1, -0.05) is 35.3 Å². The number of hydrogen-bond acceptors (Lipinski definition) is 3. The number of benzene rings is 2. The van der Waals surface area contributed by atoms with Gasteiger partial charge in [-0.2, -0.15) is 0 Å². The summed E-state index contributed by atoms with van der Waals surface area (Å²) >= 11 is 11.9. The molecule has 0 aliphatic rings. The molecule has 2 rings (SSSR count). The summed E-state index contributed by atoms with van der Waals surface area (Å²) in [4.78, 5) is 10.6. The fraction of sp³-hybridized carbons (Fsp3) is 0.133. The SMILES string of the molecule is NC(=O)COc1ccc(CNc2ccc(Cl)cc2Cl)cc1. The second-order valence-electron chi connectivity index (χ2n) is 4.38. The first-order valence-corrected chi connectivity index (χ1v) is 6.99. The zero-order valence-corrected chi connectivity index (χ0v) is 12.6. The van der Waals surface area contributed by atoms with Gasteiger partial charge in [0.1, 0.15) is 5.75 Å². The van der Waals surface area contributed by atoms with Gasteiger partial charge in [0.05, 0.1) is 10.7 Å². The molecule has 1 amide bonds. The van der Waals surface area contributed by atoms with Crippen LogP contribution < -0.4 is 15.8 Å². The van der Waals surface area contributed by atoms with Crippen molar-refractivity contribution in [2.24, 2.45) is 5.73 Å². The Morgan fingerprint density at radius 2 is 1.86 bits per heavy atom. The first-order valence-electron chi connectivity index (χ1n) is 6.23. The summed E-state index contributed by atoms with van der Waals surface area (Å²) in [7, 11) is 0. The van der Waals surface area contributed by atoms with E-state index >= 15 is 0 Å². The quantitative estimate of drug-likeness (QED) is 0.855. The molecule has 0 aliphatic heterocycles. The van der Waals surface area contributed by atoms with Gasteiger partial charge in [-0.15, -0.1) is 0 Å². The monoisotopic (exact) mass is 324 g/mol. The molecule has 0 heterocycles. The fourth-order valence-electron chi connectivity index (χ4n) is 1.69. The van der Waals surface area contributed by atoms with E-state index in [0.717, 1.165) is 11.3 Å². The van der Waals surface area contributed by atoms with E-state index in [1.807, 2.05) is 18.2 Å². The lowest BCUT2D eigenvalue weighted by Crippen LogP contribution is -2.19. The molecule has 110 valence electrons. The molecule has 0 radical (unpaired) electrons. The van der Waals surface area contributed by atoms with Gasteiger partial charge in [0.15, 0.2) is 6.61 Å². The smallest absolute Gasteiger partial charge is 0.255 e. The van der Waals surface area contributed by atoms with Crippen LogP contribution >= 0.6 is 23.2 Å². The molecule has 0 unspecified atom stereocenters. The Bertz CT molecular complexity index is 630. The number of carbonyl (C=O) groups excluding carboxylic acids is 1. The summed E-state index contributed by atoms with van der Waals surface area (Å²) in [5.74, 6) is 0.0974. The van der Waals surface area contributed by atoms with Gasteiger partial charge in [0.2, 0.25) is 0 Å². The number of nitrogens with one attached hydrogen (secondary N) is 1. The lowest BCUT2D eigenvalue weighted by atomic mass is 10.2. The van der Waals surface area contributed by atoms with Crippen molar-refractivity contribution in [3.63, 3.8) is 0 Å². The average Bonchev–Trinajstić information content (AvgIpc) is 2.45. The minimum absolute atomic E-state index is 0.127. The van der Waals surface area contributed by atoms with Crippen LogP contribution in [-0.2, 0) is 11.3 Å². The van der Waals surface area contributed by atoms with Crippen molar-refractivity contribution in [3.05, 3.63) is 58.1 Å². The van der Waals surface area contributed by atoms with Crippen molar-refractivity contribution in [2.45, 2.75) is 6.54 Å². The zero-order valence-electron chi connectivity index (χ0n) is 11.1. The van der Waals surface area contributed by atoms with E-state index in [0.29, 0.717) is 22.3 Å². The van der Waals surface area contributed by atoms with Crippen LogP contribution in [0.5, 0.6) is 5.75 Å². The standard InChI is InChI=1S/C15H14Cl2N2O2/c16-11-3-6-14(13(17)7-11)19-8-10-1-4-12(5-2-10)21-9-15(18)20/h1-7,19H,8-9H2,(H2,18,20). The third-order valence-electron chi connectivity index (χ3n) is 2.72. The van der Waals surface area contributed by atoms with E-state index in [-0.39, 0.29) is 6.61 Å². The molecule has 0 aromatic heterocycles. The number of rotatable bonds is 6. The maximum atomic E-state index is 10.6. The average molecular weight is 325 g/mol. The molecule has 21 heavy (non-hydrogen) atoms. The molecule has 6 heteroatoms. The van der Waals surface area contributed by atoms with Crippen LogP contribution in [0.3, 0.4) is 0 Å². The van der Waals surface area contributed by atoms with Crippen molar-refractivity contribution in [1.82, 2.24) is 0 Å². The highest BCUT2D eigenvalue weighted by Crippen LogP contribution is 2.25. The molecule has 0 atom stereocenters. The van der Waals surface area contributed by atoms with Crippen molar-refractivity contribution >= 4 is 34.8 Å². The zero-order chi connectivity index (χ0) is 15.2. The lowest BCUT2D eigenvalue weighted by molar-refractivity contribution is -0.119. The first kappa shape index (κ1) is 15.5. The van der Waals surface area contributed by atoms with Gasteiger partial charge in [-0.3, -0.25) is 4.79 Å². The number of ether oxygens (including phenoxy) is 1. The molecule has 0 aliphatic carbocycles. The Hall–Kier alpha value is -1.91. The number of carbonyl (C=O) groups is 1. The predicted octanol–water partition coefficient (Wildman–Crippen LogP) is 3.47. The van der Waals surface area contributed by atoms with Crippen LogP contribution in [0.1, 0.15) is 5.56 Å². The second-order valence-corrected chi connectivity index (χ2v) is 5.22. The highest BCUT2D eigenvalue weighted by atomic mass is 35.5. The highest BCUT2D eigenvalue weighted by molar-refractivity contribution is 6.36. The Labute approximate surface area is 132 Å². The van der Waals surface area contributed by atoms with Crippen molar-refractivity contribution in [1.29, 1.82) is 0 Å². The molecule has 2 aromatic carbocycles. The Morgan fingerprint density at radius 3 is 2.48 bits per heavy atom. The molecule has 0 spiro atoms. The largest absolute Gasteiger partial charge is 0.484 e. The third-order valence-corrected chi connectivity index (χ3v) is 3.27. The predicted molar refractivity (Wildman–Crippen MR) is 84.9 cm³/mol. The van der Waals surface area contributed by atoms with Gasteiger partial charge < -0.3 is 15.8 Å². The van der Waals surface area contributed by atoms with Gasteiger partial charge >= 0.3 is 0 Å². The van der Waals surface area contributed by atoms with Crippen molar-refractivity contribution in [3.8, 4) is 5.75 Å². The number of anilines is 1. The van der Waals surface area contributed by atoms with E-state index < -0.39 is 5.91 Å². The Kier molecular flexibility index (Phi) is 5.31. The van der Waals surface area contributed by atoms with E-state index in [4.69, 9.17) is 33.7 Å². The van der Waals surface area contributed by atoms with Crippen LogP contribution in [0.15, 0.2) is 42.5 Å². The van der Waals surface area contributed by atoms with E-state index in [2.05, 4.69) is 5.32 Å². The number of amides is 1. The van der Waals surface area contributed by atoms with Crippen LogP contribution in [-0.4, -0.2) is 12.5 Å². The molecule has 0 fully saturated rings. The molecular formula is C15H14Cl2N2O2. The molecular weight excluding hydrogens is 311 g/mol. The number of nitrogens with two attached hydrogens (primary N) is 1. The van der Waals surface area contributed by atoms with Crippen LogP contribution in [0.25, 0.3) is 0 Å². The molecule has 3 N–H and O–H groups in total. The summed E-state index contributed by atoms with van der Waals surface area (Å²) in [5, 5.41) is 4.39. The van der Waals surface area contributed by atoms with E-state index in [9.17, 15) is 4.79 Å². The summed E-state index contributed by atoms with van der Waals surface area (Å²) in [6, 6.07) is 12.6. The summed E-state index contributed by atoms with van der Waals surface area (Å²) < 4.78 is 5.19. The number of halogens is 2. The third kappa shape index (κ3) is 4.85. The van der Waals surface area contributed by atoms with E-state index in [1.165, 1.54) is 0 Å². The minimum atomic E-state index is -0.502. The Balaban J connectivity index is 1.92. The number of hydrogen-bond donors (Lipinski definition) is 2. The van der Waals surface area contributed by atoms with E-state index in [1.54, 1.807) is 24.3 Å². The topological polar surface area (TPSA) is 64.4 Å². The van der Waals surface area contributed by atoms with Crippen molar-refractivity contribution in [2.75, 3.05) is 11.9 Å². The van der Waals surface area contributed by atoms with Crippen LogP contribution in [0.4, 0.5) is 5.69 Å². The van der Waals surface area contributed by atoms with Gasteiger partial charge in [0.25, 0.3) is 5.91 Å². The molecule has 0 saturated heterocycles. The summed E-state index contributed by atoms with van der Waals surface area (Å²) in [6.07, 6.45) is 0. The van der Waals surface area contributed by atoms with Gasteiger partial charge in [-0.25, -0.2) is 0 Å². The highest BCUT2D eigenvalue weighted by Gasteiger charge is 2.02. The van der Waals surface area contributed by atoms with Crippen molar-refractivity contribution < 1.29 is 9.53 Å². The normalized spacial score (nSPS) is 10.2. The molecule has 0 saturated carbocycles. The minimum Gasteiger partial charge on any atom is -0.484 e. The van der Waals surface area contributed by atoms with Crippen LogP contribution in [0, 0.1) is 0 Å². The lowest BCUT2D eigenvalue weighted by Gasteiger charge is -2.09. The second kappa shape index (κ2) is 7.20. The summed E-state index contributed by atoms with van der Waals surface area (Å²) in [6.45, 7) is 0.482. The summed E-state index contributed by atoms with van der Waals surface area (Å²) in [5.41, 5.74) is 6.87. The molecule has 0 bridgehead atoms. The maximum Gasteiger partial charge on any atom is 0.255 e. The Morgan fingerprint density at radius 1 is 1.14 bits per heavy atom. The van der Waals surface area contributed by atoms with Gasteiger partial charge in [0, 0.05) is 11.6 Å². The number of primary amides is 1. The fourth-order valence-corrected chi connectivity index (χ4v) is 2.16. The molecule has 4 nitrogen and oxygen atoms in total. The molecule has 2 aromatic rings. The van der Waals surface area contributed by atoms with Gasteiger partial charge in [-0.05, 0) is 35.9 Å². The first-order chi connectivity index (χ1) is 10.0.